The number of carbonyl (C=O) groups excluding carboxylic acids is 2. The molecular weight excluding hydrogens is 461 g/mol. The lowest BCUT2D eigenvalue weighted by Gasteiger charge is -2.18. The number of thioether (sulfide) groups is 1. The molecule has 0 radical (unpaired) electrons. The van der Waals surface area contributed by atoms with Crippen LogP contribution in [0.5, 0.6) is 0 Å². The summed E-state index contributed by atoms with van der Waals surface area (Å²) >= 11 is 7.41. The summed E-state index contributed by atoms with van der Waals surface area (Å²) < 4.78 is 14.0. The van der Waals surface area contributed by atoms with E-state index in [0.29, 0.717) is 17.1 Å². The molecule has 1 atom stereocenters. The zero-order valence-corrected chi connectivity index (χ0v) is 18.7. The number of nitriles is 1. The van der Waals surface area contributed by atoms with E-state index in [1.165, 1.54) is 23.1 Å². The predicted octanol–water partition coefficient (Wildman–Crippen LogP) is 5.54. The number of carbonyl (C=O) groups is 2. The summed E-state index contributed by atoms with van der Waals surface area (Å²) in [6, 6.07) is 23.6. The number of halogens is 2. The van der Waals surface area contributed by atoms with E-state index >= 15 is 0 Å². The van der Waals surface area contributed by atoms with Gasteiger partial charge >= 0.3 is 0 Å². The highest BCUT2D eigenvalue weighted by molar-refractivity contribution is 8.05. The zero-order chi connectivity index (χ0) is 23.4. The van der Waals surface area contributed by atoms with Gasteiger partial charge in [-0.1, -0.05) is 71.9 Å². The minimum atomic E-state index is -0.794. The molecule has 164 valence electrons. The minimum Gasteiger partial charge on any atom is -0.319 e. The maximum atomic E-state index is 14.0. The molecule has 1 unspecified atom stereocenters. The van der Waals surface area contributed by atoms with E-state index in [1.54, 1.807) is 48.5 Å². The maximum absolute atomic E-state index is 14.0. The molecule has 1 N–H and O–H groups in total. The topological polar surface area (TPSA) is 73.2 Å². The number of nitrogens with zero attached hydrogens (tertiary/aromatic N) is 2. The van der Waals surface area contributed by atoms with Crippen molar-refractivity contribution in [1.82, 2.24) is 0 Å². The summed E-state index contributed by atoms with van der Waals surface area (Å²) in [5.74, 6) is -1.69. The van der Waals surface area contributed by atoms with Gasteiger partial charge in [0.15, 0.2) is 0 Å². The van der Waals surface area contributed by atoms with E-state index in [-0.39, 0.29) is 22.2 Å². The van der Waals surface area contributed by atoms with Crippen LogP contribution >= 0.6 is 23.4 Å². The molecule has 0 aromatic heterocycles. The monoisotopic (exact) mass is 477 g/mol. The fourth-order valence-electron chi connectivity index (χ4n) is 3.41. The average molecular weight is 478 g/mol. The van der Waals surface area contributed by atoms with Gasteiger partial charge in [0.05, 0.1) is 10.9 Å². The standard InChI is InChI=1S/C25H17ClFN3O2S/c26-19-11-5-4-8-16(19)14-22-24(32)30(17-9-2-1-3-10-17)25(33-22)18(15-28)23(31)29-21-13-7-6-12-20(21)27/h1-13,22H,14H2,(H,29,31)/b25-18-. The molecule has 4 rings (SSSR count). The van der Waals surface area contributed by atoms with Crippen molar-refractivity contribution in [2.45, 2.75) is 11.7 Å². The Morgan fingerprint density at radius 3 is 2.42 bits per heavy atom. The van der Waals surface area contributed by atoms with Crippen LogP contribution in [0.2, 0.25) is 5.02 Å². The molecule has 0 aliphatic carbocycles. The number of rotatable bonds is 5. The summed E-state index contributed by atoms with van der Waals surface area (Å²) in [5, 5.41) is 12.4. The van der Waals surface area contributed by atoms with E-state index in [4.69, 9.17) is 11.6 Å². The molecule has 3 aromatic carbocycles. The summed E-state index contributed by atoms with van der Waals surface area (Å²) in [4.78, 5) is 27.7. The fraction of sp³-hybridized carbons (Fsp3) is 0.0800. The molecule has 3 aromatic rings. The zero-order valence-electron chi connectivity index (χ0n) is 17.2. The van der Waals surface area contributed by atoms with Crippen LogP contribution in [0.3, 0.4) is 0 Å². The second-order valence-corrected chi connectivity index (χ2v) is 8.74. The second-order valence-electron chi connectivity index (χ2n) is 7.14. The van der Waals surface area contributed by atoms with Crippen LogP contribution in [-0.4, -0.2) is 17.1 Å². The minimum absolute atomic E-state index is 0.0518. The van der Waals surface area contributed by atoms with Crippen LogP contribution in [0.4, 0.5) is 15.8 Å². The number of benzene rings is 3. The first-order chi connectivity index (χ1) is 16.0. The van der Waals surface area contributed by atoms with Crippen molar-refractivity contribution < 1.29 is 14.0 Å². The third kappa shape index (κ3) is 4.77. The van der Waals surface area contributed by atoms with Gasteiger partial charge in [0.2, 0.25) is 5.91 Å². The number of hydrogen-bond donors (Lipinski definition) is 1. The van der Waals surface area contributed by atoms with Crippen molar-refractivity contribution in [3.05, 3.63) is 106 Å². The van der Waals surface area contributed by atoms with E-state index in [0.717, 1.165) is 17.3 Å². The average Bonchev–Trinajstić information content (AvgIpc) is 3.13. The lowest BCUT2D eigenvalue weighted by Crippen LogP contribution is -2.31. The van der Waals surface area contributed by atoms with Crippen LogP contribution < -0.4 is 10.2 Å². The van der Waals surface area contributed by atoms with Gasteiger partial charge < -0.3 is 5.32 Å². The number of para-hydroxylation sites is 2. The Morgan fingerprint density at radius 1 is 1.06 bits per heavy atom. The lowest BCUT2D eigenvalue weighted by atomic mass is 10.1. The molecular formula is C25H17ClFN3O2S. The van der Waals surface area contributed by atoms with Crippen molar-refractivity contribution in [2.24, 2.45) is 0 Å². The fourth-order valence-corrected chi connectivity index (χ4v) is 4.92. The molecule has 8 heteroatoms. The normalized spacial score (nSPS) is 16.9. The quantitative estimate of drug-likeness (QED) is 0.386. The van der Waals surface area contributed by atoms with Gasteiger partial charge in [-0.2, -0.15) is 5.26 Å². The van der Waals surface area contributed by atoms with Crippen molar-refractivity contribution in [3.63, 3.8) is 0 Å². The molecule has 1 aliphatic rings. The van der Waals surface area contributed by atoms with Gasteiger partial charge in [0.25, 0.3) is 5.91 Å². The Kier molecular flexibility index (Phi) is 6.78. The molecule has 0 spiro atoms. The number of hydrogen-bond acceptors (Lipinski definition) is 4. The van der Waals surface area contributed by atoms with Crippen LogP contribution in [-0.2, 0) is 16.0 Å². The molecule has 1 fully saturated rings. The molecule has 1 saturated heterocycles. The van der Waals surface area contributed by atoms with Crippen molar-refractivity contribution in [3.8, 4) is 6.07 Å². The summed E-state index contributed by atoms with van der Waals surface area (Å²) in [7, 11) is 0. The van der Waals surface area contributed by atoms with Crippen LogP contribution in [0.1, 0.15) is 5.56 Å². The third-order valence-corrected chi connectivity index (χ3v) is 6.64. The molecule has 1 aliphatic heterocycles. The lowest BCUT2D eigenvalue weighted by molar-refractivity contribution is -0.117. The number of nitrogens with one attached hydrogen (secondary N) is 1. The second kappa shape index (κ2) is 9.90. The molecule has 2 amide bonds. The Labute approximate surface area is 199 Å². The summed E-state index contributed by atoms with van der Waals surface area (Å²) in [6.07, 6.45) is 0.323. The smallest absolute Gasteiger partial charge is 0.269 e. The Bertz CT molecular complexity index is 1290. The SMILES string of the molecule is N#C/C(C(=O)Nc1ccccc1F)=C1/SC(Cc2ccccc2Cl)C(=O)N1c1ccccc1. The first-order valence-electron chi connectivity index (χ1n) is 9.99. The van der Waals surface area contributed by atoms with Gasteiger partial charge in [-0.05, 0) is 42.3 Å². The highest BCUT2D eigenvalue weighted by Crippen LogP contribution is 2.42. The van der Waals surface area contributed by atoms with Crippen LogP contribution in [0.15, 0.2) is 89.5 Å². The maximum Gasteiger partial charge on any atom is 0.269 e. The third-order valence-electron chi connectivity index (χ3n) is 5.01. The molecule has 33 heavy (non-hydrogen) atoms. The van der Waals surface area contributed by atoms with Gasteiger partial charge in [-0.25, -0.2) is 4.39 Å². The molecule has 5 nitrogen and oxygen atoms in total. The Hall–Kier alpha value is -3.60. The van der Waals surface area contributed by atoms with E-state index in [2.05, 4.69) is 5.32 Å². The molecule has 0 saturated carbocycles. The van der Waals surface area contributed by atoms with Gasteiger partial charge in [-0.15, -0.1) is 0 Å². The highest BCUT2D eigenvalue weighted by atomic mass is 35.5. The van der Waals surface area contributed by atoms with Crippen molar-refractivity contribution in [1.29, 1.82) is 5.26 Å². The highest BCUT2D eigenvalue weighted by Gasteiger charge is 2.41. The van der Waals surface area contributed by atoms with E-state index in [9.17, 15) is 19.2 Å². The largest absolute Gasteiger partial charge is 0.319 e. The first kappa shape index (κ1) is 22.6. The number of amides is 2. The number of anilines is 2. The summed E-state index contributed by atoms with van der Waals surface area (Å²) in [6.45, 7) is 0. The predicted molar refractivity (Wildman–Crippen MR) is 128 cm³/mol. The first-order valence-corrected chi connectivity index (χ1v) is 11.2. The van der Waals surface area contributed by atoms with Crippen molar-refractivity contribution in [2.75, 3.05) is 10.2 Å². The van der Waals surface area contributed by atoms with Crippen LogP contribution in [0.25, 0.3) is 0 Å². The molecule has 0 bridgehead atoms. The Balaban J connectivity index is 1.74. The Morgan fingerprint density at radius 2 is 1.73 bits per heavy atom. The van der Waals surface area contributed by atoms with Gasteiger partial charge in [0, 0.05) is 10.7 Å². The van der Waals surface area contributed by atoms with E-state index < -0.39 is 17.0 Å². The molecule has 1 heterocycles. The van der Waals surface area contributed by atoms with Crippen molar-refractivity contribution >= 4 is 46.6 Å². The van der Waals surface area contributed by atoms with E-state index in [1.807, 2.05) is 18.2 Å². The van der Waals surface area contributed by atoms with Gasteiger partial charge in [-0.3, -0.25) is 14.5 Å². The summed E-state index contributed by atoms with van der Waals surface area (Å²) in [5.41, 5.74) is 0.984. The van der Waals surface area contributed by atoms with Crippen LogP contribution in [0, 0.1) is 17.1 Å². The van der Waals surface area contributed by atoms with Gasteiger partial charge in [0.1, 0.15) is 22.5 Å².